The Balaban J connectivity index is 0. The Bertz CT molecular complexity index is 89.1. The lowest BCUT2D eigenvalue weighted by atomic mass is 10.5. The lowest BCUT2D eigenvalue weighted by Crippen LogP contribution is -2.30. The first kappa shape index (κ1) is 16.1. The summed E-state index contributed by atoms with van der Waals surface area (Å²) >= 11 is 4.24. The van der Waals surface area contributed by atoms with Gasteiger partial charge in [0.05, 0.1) is 0 Å². The van der Waals surface area contributed by atoms with Crippen molar-refractivity contribution in [2.45, 2.75) is 45.8 Å². The van der Waals surface area contributed by atoms with Crippen LogP contribution in [0.3, 0.4) is 0 Å². The smallest absolute Gasteiger partial charge is 0.186 e. The molecule has 0 aliphatic heterocycles. The van der Waals surface area contributed by atoms with Crippen LogP contribution in [0.15, 0.2) is 0 Å². The summed E-state index contributed by atoms with van der Waals surface area (Å²) in [6.45, 7) is 9.94. The zero-order chi connectivity index (χ0) is 10.0. The Hall–Kier alpha value is 1.64. The highest BCUT2D eigenvalue weighted by molar-refractivity contribution is 15.0. The Morgan fingerprint density at radius 3 is 1.92 bits per heavy atom. The second kappa shape index (κ2) is 10.7. The number of halogens is 2. The van der Waals surface area contributed by atoms with Gasteiger partial charge in [0, 0.05) is 43.8 Å². The molecule has 0 aromatic heterocycles. The molecule has 4 heteroatoms. The highest BCUT2D eigenvalue weighted by Crippen LogP contribution is 2.12. The second-order valence-electron chi connectivity index (χ2n) is 3.36. The van der Waals surface area contributed by atoms with Crippen molar-refractivity contribution >= 4 is 45.5 Å². The van der Waals surface area contributed by atoms with Crippen molar-refractivity contribution in [3.8, 4) is 0 Å². The molecular formula is C8H20I2OSi. The number of hydrogen-bond acceptors (Lipinski definition) is 1. The summed E-state index contributed by atoms with van der Waals surface area (Å²) < 4.78 is 5.76. The molecular weight excluding hydrogens is 394 g/mol. The van der Waals surface area contributed by atoms with Crippen LogP contribution in [-0.4, -0.2) is 14.9 Å². The zero-order valence-electron chi connectivity index (χ0n) is 8.49. The first-order valence-corrected chi connectivity index (χ1v) is 13.8. The topological polar surface area (TPSA) is 9.23 Å². The fourth-order valence-electron chi connectivity index (χ4n) is 1.05. The molecule has 0 aromatic carbocycles. The Morgan fingerprint density at radius 2 is 1.58 bits per heavy atom. The third kappa shape index (κ3) is 11.6. The first-order valence-electron chi connectivity index (χ1n) is 4.40. The molecule has 0 fully saturated rings. The van der Waals surface area contributed by atoms with Gasteiger partial charge in [0.1, 0.15) is 0 Å². The summed E-state index contributed by atoms with van der Waals surface area (Å²) in [7, 11) is -1.22. The predicted molar refractivity (Wildman–Crippen MR) is 76.9 cm³/mol. The quantitative estimate of drug-likeness (QED) is 0.464. The summed E-state index contributed by atoms with van der Waals surface area (Å²) in [5.74, 6) is 0. The molecule has 12 heavy (non-hydrogen) atoms. The second-order valence-corrected chi connectivity index (χ2v) is 7.67. The molecule has 1 nitrogen and oxygen atoms in total. The van der Waals surface area contributed by atoms with Gasteiger partial charge in [-0.25, -0.2) is 0 Å². The maximum atomic E-state index is 5.76. The van der Waals surface area contributed by atoms with E-state index in [1.54, 1.807) is 0 Å². The largest absolute Gasteiger partial charge is 0.417 e. The molecule has 0 spiro atoms. The molecule has 0 heterocycles. The summed E-state index contributed by atoms with van der Waals surface area (Å²) in [4.78, 5) is 0. The molecule has 0 N–H and O–H groups in total. The van der Waals surface area contributed by atoms with Crippen LogP contribution in [0, 0.1) is 0 Å². The van der Waals surface area contributed by atoms with Gasteiger partial charge in [0.15, 0.2) is 8.32 Å². The molecule has 0 aromatic rings. The Morgan fingerprint density at radius 1 is 1.08 bits per heavy atom. The maximum absolute atomic E-state index is 5.76. The first-order chi connectivity index (χ1) is 5.62. The third-order valence-corrected chi connectivity index (χ3v) is 4.24. The molecule has 0 amide bonds. The van der Waals surface area contributed by atoms with Crippen molar-refractivity contribution in [3.05, 3.63) is 0 Å². The lowest BCUT2D eigenvalue weighted by molar-refractivity contribution is 0.306. The molecule has 0 aliphatic carbocycles. The van der Waals surface area contributed by atoms with Crippen LogP contribution < -0.4 is 0 Å². The average molecular weight is 414 g/mol. The molecule has 0 bridgehead atoms. The van der Waals surface area contributed by atoms with E-state index in [4.69, 9.17) is 4.43 Å². The van der Waals surface area contributed by atoms with Crippen LogP contribution in [0.2, 0.25) is 19.1 Å². The number of hydrogen-bond donors (Lipinski definition) is 0. The summed E-state index contributed by atoms with van der Waals surface area (Å²) in [6.07, 6.45) is 2.42. The highest BCUT2D eigenvalue weighted by Gasteiger charge is 2.19. The minimum absolute atomic E-state index is 0.958. The van der Waals surface area contributed by atoms with Gasteiger partial charge in [0.2, 0.25) is 0 Å². The van der Waals surface area contributed by atoms with Crippen molar-refractivity contribution in [1.82, 2.24) is 0 Å². The van der Waals surface area contributed by atoms with Gasteiger partial charge in [-0.2, -0.15) is 0 Å². The van der Waals surface area contributed by atoms with Gasteiger partial charge < -0.3 is 4.43 Å². The molecule has 0 aliphatic rings. The minimum Gasteiger partial charge on any atom is -0.417 e. The van der Waals surface area contributed by atoms with Crippen LogP contribution in [0.5, 0.6) is 0 Å². The third-order valence-electron chi connectivity index (χ3n) is 1.55. The molecule has 0 radical (unpaired) electrons. The summed E-state index contributed by atoms with van der Waals surface area (Å²) in [5, 5.41) is 0. The summed E-state index contributed by atoms with van der Waals surface area (Å²) in [6, 6.07) is 1.30. The van der Waals surface area contributed by atoms with Gasteiger partial charge in [-0.05, 0) is 25.6 Å². The van der Waals surface area contributed by atoms with Crippen molar-refractivity contribution in [2.24, 2.45) is 0 Å². The molecule has 0 atom stereocenters. The predicted octanol–water partition coefficient (Wildman–Crippen LogP) is 4.80. The van der Waals surface area contributed by atoms with Crippen molar-refractivity contribution in [2.75, 3.05) is 6.61 Å². The van der Waals surface area contributed by atoms with E-state index in [9.17, 15) is 0 Å². The van der Waals surface area contributed by atoms with Gasteiger partial charge in [-0.1, -0.05) is 20.3 Å². The fraction of sp³-hybridized carbons (Fsp3) is 1.00. The Labute approximate surface area is 101 Å². The van der Waals surface area contributed by atoms with E-state index in [2.05, 4.69) is 64.2 Å². The molecule has 0 unspecified atom stereocenters. The van der Waals surface area contributed by atoms with Crippen LogP contribution in [0.1, 0.15) is 26.7 Å². The zero-order valence-corrected chi connectivity index (χ0v) is 13.8. The van der Waals surface area contributed by atoms with Gasteiger partial charge >= 0.3 is 0 Å². The molecule has 0 saturated carbocycles. The SMILES string of the molecule is CCCO[Si](C)(C)CCC.II. The van der Waals surface area contributed by atoms with Crippen LogP contribution in [0.25, 0.3) is 0 Å². The minimum atomic E-state index is -1.22. The standard InChI is InChI=1S/C8H20OSi.I2/c1-5-7-9-10(3,4)8-6-2;1-2/h5-8H2,1-4H3;. The van der Waals surface area contributed by atoms with Gasteiger partial charge in [0.25, 0.3) is 0 Å². The van der Waals surface area contributed by atoms with Crippen LogP contribution in [-0.2, 0) is 4.43 Å². The van der Waals surface area contributed by atoms with Crippen LogP contribution in [0.4, 0.5) is 0 Å². The van der Waals surface area contributed by atoms with E-state index >= 15 is 0 Å². The maximum Gasteiger partial charge on any atom is 0.186 e. The monoisotopic (exact) mass is 414 g/mol. The van der Waals surface area contributed by atoms with Gasteiger partial charge in [-0.3, -0.25) is 0 Å². The van der Waals surface area contributed by atoms with E-state index in [1.807, 2.05) is 0 Å². The van der Waals surface area contributed by atoms with Crippen LogP contribution >= 0.6 is 37.2 Å². The summed E-state index contributed by atoms with van der Waals surface area (Å²) in [5.41, 5.74) is 0. The lowest BCUT2D eigenvalue weighted by Gasteiger charge is -2.21. The highest BCUT2D eigenvalue weighted by atomic mass is 128. The molecule has 0 rings (SSSR count). The fourth-order valence-corrected chi connectivity index (χ4v) is 3.16. The van der Waals surface area contributed by atoms with Gasteiger partial charge in [-0.15, -0.1) is 0 Å². The van der Waals surface area contributed by atoms with E-state index in [0.29, 0.717) is 0 Å². The van der Waals surface area contributed by atoms with E-state index in [-0.39, 0.29) is 0 Å². The molecule has 76 valence electrons. The van der Waals surface area contributed by atoms with Crippen molar-refractivity contribution < 1.29 is 4.43 Å². The number of rotatable bonds is 5. The normalized spacial score (nSPS) is 10.5. The molecule has 0 saturated heterocycles. The van der Waals surface area contributed by atoms with Crippen molar-refractivity contribution in [1.29, 1.82) is 0 Å². The van der Waals surface area contributed by atoms with E-state index in [1.165, 1.54) is 12.5 Å². The van der Waals surface area contributed by atoms with Crippen molar-refractivity contribution in [3.63, 3.8) is 0 Å². The van der Waals surface area contributed by atoms with E-state index in [0.717, 1.165) is 13.0 Å². The average Bonchev–Trinajstić information content (AvgIpc) is 2.05. The Kier molecular flexibility index (Phi) is 14.4. The van der Waals surface area contributed by atoms with E-state index < -0.39 is 8.32 Å².